The fourth-order valence-electron chi connectivity index (χ4n) is 3.04. The highest BCUT2D eigenvalue weighted by Crippen LogP contribution is 2.22. The van der Waals surface area contributed by atoms with Gasteiger partial charge in [0.2, 0.25) is 0 Å². The van der Waals surface area contributed by atoms with Crippen LogP contribution in [-0.2, 0) is 10.2 Å². The number of nitrogens with zero attached hydrogens (tertiary/aromatic N) is 2. The summed E-state index contributed by atoms with van der Waals surface area (Å²) in [5, 5.41) is 1.83. The molecule has 0 aromatic heterocycles. The summed E-state index contributed by atoms with van der Waals surface area (Å²) in [6, 6.07) is 7.72. The molecule has 26 heavy (non-hydrogen) atoms. The van der Waals surface area contributed by atoms with Gasteiger partial charge in [0.1, 0.15) is 0 Å². The maximum absolute atomic E-state index is 12.5. The average Bonchev–Trinajstić information content (AvgIpc) is 2.62. The largest absolute Gasteiger partial charge is 0.339 e. The van der Waals surface area contributed by atoms with Gasteiger partial charge in [-0.25, -0.2) is 5.01 Å². The third-order valence-corrected chi connectivity index (χ3v) is 4.75. The van der Waals surface area contributed by atoms with Gasteiger partial charge in [0.15, 0.2) is 0 Å². The fraction of sp³-hybridized carbons (Fsp3) is 0.524. The molecule has 1 aromatic carbocycles. The summed E-state index contributed by atoms with van der Waals surface area (Å²) in [6.45, 7) is 12.9. The molecule has 142 valence electrons. The van der Waals surface area contributed by atoms with Gasteiger partial charge in [-0.05, 0) is 43.4 Å². The van der Waals surface area contributed by atoms with Gasteiger partial charge < -0.3 is 4.90 Å². The molecule has 0 unspecified atom stereocenters. The van der Waals surface area contributed by atoms with Crippen LogP contribution in [0.3, 0.4) is 0 Å². The molecule has 1 aliphatic rings. The molecule has 0 saturated heterocycles. The molecule has 1 heterocycles. The number of nitrogens with one attached hydrogen (secondary N) is 1. The molecule has 0 spiro atoms. The molecule has 0 fully saturated rings. The fourth-order valence-corrected chi connectivity index (χ4v) is 3.04. The summed E-state index contributed by atoms with van der Waals surface area (Å²) in [4.78, 5) is 26.8. The molecule has 1 N–H and O–H groups in total. The van der Waals surface area contributed by atoms with Crippen molar-refractivity contribution in [2.75, 3.05) is 26.2 Å². The standard InChI is InChI=1S/C21H31N3O2/c1-6-23(7-2)20(26)17-9-8-14-24(15-17)22-19(25)16-10-12-18(13-11-16)21(3,4)5/h9-13H,6-8,14-15H2,1-5H3,(H,22,25). The lowest BCUT2D eigenvalue weighted by molar-refractivity contribution is -0.127. The van der Waals surface area contributed by atoms with Gasteiger partial charge in [-0.3, -0.25) is 15.0 Å². The molecule has 5 heteroatoms. The van der Waals surface area contributed by atoms with E-state index in [1.165, 1.54) is 5.56 Å². The lowest BCUT2D eigenvalue weighted by atomic mass is 9.87. The van der Waals surface area contributed by atoms with Gasteiger partial charge in [0.05, 0.1) is 0 Å². The first-order valence-electron chi connectivity index (χ1n) is 9.41. The zero-order valence-electron chi connectivity index (χ0n) is 16.6. The molecular weight excluding hydrogens is 326 g/mol. The van der Waals surface area contributed by atoms with Crippen LogP contribution in [0.4, 0.5) is 0 Å². The van der Waals surface area contributed by atoms with E-state index in [1.807, 2.05) is 54.1 Å². The summed E-state index contributed by atoms with van der Waals surface area (Å²) < 4.78 is 0. The first kappa shape index (κ1) is 20.2. The second-order valence-electron chi connectivity index (χ2n) is 7.69. The Bertz CT molecular complexity index is 667. The minimum absolute atomic E-state index is 0.0588. The molecule has 2 rings (SSSR count). The number of amides is 2. The number of hydrogen-bond donors (Lipinski definition) is 1. The Balaban J connectivity index is 1.99. The van der Waals surface area contributed by atoms with Gasteiger partial charge in [-0.1, -0.05) is 39.0 Å². The van der Waals surface area contributed by atoms with E-state index < -0.39 is 0 Å². The van der Waals surface area contributed by atoms with Crippen molar-refractivity contribution in [3.8, 4) is 0 Å². The summed E-state index contributed by atoms with van der Waals surface area (Å²) in [5.41, 5.74) is 5.58. The highest BCUT2D eigenvalue weighted by molar-refractivity contribution is 5.95. The number of hydrazine groups is 1. The molecule has 0 bridgehead atoms. The van der Waals surface area contributed by atoms with E-state index in [9.17, 15) is 9.59 Å². The number of likely N-dealkylation sites (N-methyl/N-ethyl adjacent to an activating group) is 1. The first-order valence-corrected chi connectivity index (χ1v) is 9.41. The van der Waals surface area contributed by atoms with E-state index in [4.69, 9.17) is 0 Å². The van der Waals surface area contributed by atoms with E-state index in [0.717, 1.165) is 12.0 Å². The molecule has 0 aliphatic carbocycles. The maximum atomic E-state index is 12.5. The summed E-state index contributed by atoms with van der Waals surface area (Å²) in [7, 11) is 0. The third-order valence-electron chi connectivity index (χ3n) is 4.75. The van der Waals surface area contributed by atoms with Gasteiger partial charge >= 0.3 is 0 Å². The quantitative estimate of drug-likeness (QED) is 0.881. The Morgan fingerprint density at radius 2 is 1.73 bits per heavy atom. The lowest BCUT2D eigenvalue weighted by Gasteiger charge is -2.29. The van der Waals surface area contributed by atoms with E-state index >= 15 is 0 Å². The maximum Gasteiger partial charge on any atom is 0.265 e. The van der Waals surface area contributed by atoms with Crippen LogP contribution in [0.1, 0.15) is 57.0 Å². The first-order chi connectivity index (χ1) is 12.3. The molecule has 0 saturated carbocycles. The van der Waals surface area contributed by atoms with E-state index in [1.54, 1.807) is 0 Å². The Labute approximate surface area is 157 Å². The van der Waals surface area contributed by atoms with E-state index in [2.05, 4.69) is 26.2 Å². The monoisotopic (exact) mass is 357 g/mol. The van der Waals surface area contributed by atoms with Crippen LogP contribution < -0.4 is 5.43 Å². The van der Waals surface area contributed by atoms with E-state index in [-0.39, 0.29) is 17.2 Å². The average molecular weight is 357 g/mol. The van der Waals surface area contributed by atoms with Crippen molar-refractivity contribution >= 4 is 11.8 Å². The second kappa shape index (κ2) is 8.49. The SMILES string of the molecule is CCN(CC)C(=O)C1=CCCN(NC(=O)c2ccc(C(C)(C)C)cc2)C1. The van der Waals surface area contributed by atoms with Gasteiger partial charge in [-0.15, -0.1) is 0 Å². The van der Waals surface area contributed by atoms with E-state index in [0.29, 0.717) is 31.7 Å². The second-order valence-corrected chi connectivity index (χ2v) is 7.69. The molecule has 1 aromatic rings. The minimum atomic E-state index is -0.137. The van der Waals surface area contributed by atoms with Gasteiger partial charge in [0.25, 0.3) is 11.8 Å². The summed E-state index contributed by atoms with van der Waals surface area (Å²) >= 11 is 0. The number of carbonyl (C=O) groups is 2. The number of rotatable bonds is 5. The molecule has 0 radical (unpaired) electrons. The lowest BCUT2D eigenvalue weighted by Crippen LogP contribution is -2.47. The Morgan fingerprint density at radius 3 is 2.27 bits per heavy atom. The van der Waals surface area contributed by atoms with Crippen LogP contribution in [0.25, 0.3) is 0 Å². The third kappa shape index (κ3) is 4.94. The number of benzene rings is 1. The van der Waals surface area contributed by atoms with Crippen LogP contribution in [0.15, 0.2) is 35.9 Å². The number of carbonyl (C=O) groups excluding carboxylic acids is 2. The predicted molar refractivity (Wildman–Crippen MR) is 105 cm³/mol. The van der Waals surface area contributed by atoms with Crippen LogP contribution in [-0.4, -0.2) is 47.9 Å². The highest BCUT2D eigenvalue weighted by atomic mass is 16.2. The molecular formula is C21H31N3O2. The van der Waals surface area contributed by atoms with Crippen LogP contribution in [0.5, 0.6) is 0 Å². The van der Waals surface area contributed by atoms with Crippen molar-refractivity contribution < 1.29 is 9.59 Å². The van der Waals surface area contributed by atoms with Crippen molar-refractivity contribution in [1.29, 1.82) is 0 Å². The summed E-state index contributed by atoms with van der Waals surface area (Å²) in [5.74, 6) is -0.0783. The van der Waals surface area contributed by atoms with Gasteiger partial charge in [0, 0.05) is 37.3 Å². The Morgan fingerprint density at radius 1 is 1.12 bits per heavy atom. The Hall–Kier alpha value is -2.14. The van der Waals surface area contributed by atoms with Crippen molar-refractivity contribution in [1.82, 2.24) is 15.3 Å². The Kier molecular flexibility index (Phi) is 6.59. The van der Waals surface area contributed by atoms with Crippen molar-refractivity contribution in [2.24, 2.45) is 0 Å². The van der Waals surface area contributed by atoms with Crippen LogP contribution in [0.2, 0.25) is 0 Å². The zero-order chi connectivity index (χ0) is 19.3. The topological polar surface area (TPSA) is 52.7 Å². The van der Waals surface area contributed by atoms with Crippen molar-refractivity contribution in [3.63, 3.8) is 0 Å². The van der Waals surface area contributed by atoms with Crippen LogP contribution >= 0.6 is 0 Å². The molecule has 2 amide bonds. The molecule has 5 nitrogen and oxygen atoms in total. The minimum Gasteiger partial charge on any atom is -0.339 e. The van der Waals surface area contributed by atoms with Crippen molar-refractivity contribution in [2.45, 2.75) is 46.5 Å². The summed E-state index contributed by atoms with van der Waals surface area (Å²) in [6.07, 6.45) is 2.74. The van der Waals surface area contributed by atoms with Crippen LogP contribution in [0, 0.1) is 0 Å². The highest BCUT2D eigenvalue weighted by Gasteiger charge is 2.23. The molecule has 1 aliphatic heterocycles. The van der Waals surface area contributed by atoms with Gasteiger partial charge in [-0.2, -0.15) is 0 Å². The number of hydrogen-bond acceptors (Lipinski definition) is 3. The predicted octanol–water partition coefficient (Wildman–Crippen LogP) is 3.13. The van der Waals surface area contributed by atoms with Crippen molar-refractivity contribution in [3.05, 3.63) is 47.0 Å². The smallest absolute Gasteiger partial charge is 0.265 e. The normalized spacial score (nSPS) is 15.3. The zero-order valence-corrected chi connectivity index (χ0v) is 16.6. The molecule has 0 atom stereocenters.